The normalized spacial score (nSPS) is 11.4. The highest BCUT2D eigenvalue weighted by molar-refractivity contribution is 6.33. The van der Waals surface area contributed by atoms with Crippen molar-refractivity contribution in [1.82, 2.24) is 4.98 Å². The second-order valence-corrected chi connectivity index (χ2v) is 8.00. The van der Waals surface area contributed by atoms with Gasteiger partial charge in [-0.05, 0) is 59.2 Å². The Labute approximate surface area is 169 Å². The number of benzene rings is 2. The zero-order valence-electron chi connectivity index (χ0n) is 16.2. The van der Waals surface area contributed by atoms with E-state index < -0.39 is 5.97 Å². The van der Waals surface area contributed by atoms with Crippen molar-refractivity contribution in [3.63, 3.8) is 0 Å². The second kappa shape index (κ2) is 7.72. The second-order valence-electron chi connectivity index (χ2n) is 7.59. The third kappa shape index (κ3) is 4.23. The van der Waals surface area contributed by atoms with E-state index in [0.29, 0.717) is 21.7 Å². The van der Waals surface area contributed by atoms with E-state index in [0.717, 1.165) is 16.8 Å². The number of esters is 1. The number of hydrogen-bond donors (Lipinski definition) is 0. The summed E-state index contributed by atoms with van der Waals surface area (Å²) in [5.74, 6) is -0.838. The standard InChI is InChI=1S/C23H21ClFNO2/c1-23(2,3)21-13-14(7-8-26-21)16-9-17(11-18(25)10-16)19-6-5-15(12-20(19)24)22(27)28-4/h5-13H,1-4H3. The van der Waals surface area contributed by atoms with Gasteiger partial charge >= 0.3 is 5.97 Å². The minimum Gasteiger partial charge on any atom is -0.465 e. The molecule has 3 nitrogen and oxygen atoms in total. The summed E-state index contributed by atoms with van der Waals surface area (Å²) in [5.41, 5.74) is 4.04. The van der Waals surface area contributed by atoms with Crippen LogP contribution in [0.4, 0.5) is 4.39 Å². The van der Waals surface area contributed by atoms with Crippen molar-refractivity contribution in [1.29, 1.82) is 0 Å². The van der Waals surface area contributed by atoms with Gasteiger partial charge in [-0.2, -0.15) is 0 Å². The van der Waals surface area contributed by atoms with Gasteiger partial charge in [0.15, 0.2) is 0 Å². The molecule has 0 unspecified atom stereocenters. The summed E-state index contributed by atoms with van der Waals surface area (Å²) in [6.07, 6.45) is 1.73. The van der Waals surface area contributed by atoms with Crippen molar-refractivity contribution in [3.05, 3.63) is 76.8 Å². The fourth-order valence-electron chi connectivity index (χ4n) is 2.93. The first-order valence-electron chi connectivity index (χ1n) is 8.85. The van der Waals surface area contributed by atoms with E-state index >= 15 is 0 Å². The first-order valence-corrected chi connectivity index (χ1v) is 9.22. The quantitative estimate of drug-likeness (QED) is 0.487. The Morgan fingerprint density at radius 1 is 1.00 bits per heavy atom. The van der Waals surface area contributed by atoms with Crippen LogP contribution in [0.15, 0.2) is 54.7 Å². The fourth-order valence-corrected chi connectivity index (χ4v) is 3.22. The molecular weight excluding hydrogens is 377 g/mol. The van der Waals surface area contributed by atoms with Gasteiger partial charge in [-0.3, -0.25) is 4.98 Å². The highest BCUT2D eigenvalue weighted by Gasteiger charge is 2.17. The van der Waals surface area contributed by atoms with Crippen LogP contribution >= 0.6 is 11.6 Å². The van der Waals surface area contributed by atoms with Gasteiger partial charge in [-0.15, -0.1) is 0 Å². The summed E-state index contributed by atoms with van der Waals surface area (Å²) >= 11 is 6.36. The predicted octanol–water partition coefficient (Wildman–Crippen LogP) is 6.29. The van der Waals surface area contributed by atoms with Gasteiger partial charge in [0.05, 0.1) is 12.7 Å². The number of ether oxygens (including phenoxy) is 1. The monoisotopic (exact) mass is 397 g/mol. The molecule has 0 saturated heterocycles. The van der Waals surface area contributed by atoms with E-state index in [4.69, 9.17) is 16.3 Å². The van der Waals surface area contributed by atoms with E-state index in [9.17, 15) is 9.18 Å². The van der Waals surface area contributed by atoms with Gasteiger partial charge in [0.1, 0.15) is 5.82 Å². The maximum absolute atomic E-state index is 14.4. The number of carbonyl (C=O) groups excluding carboxylic acids is 1. The first kappa shape index (κ1) is 20.0. The number of aromatic nitrogens is 1. The average Bonchev–Trinajstić information content (AvgIpc) is 2.66. The maximum atomic E-state index is 14.4. The smallest absolute Gasteiger partial charge is 0.337 e. The molecule has 0 aliphatic heterocycles. The van der Waals surface area contributed by atoms with Crippen LogP contribution < -0.4 is 0 Å². The Hall–Kier alpha value is -2.72. The lowest BCUT2D eigenvalue weighted by molar-refractivity contribution is 0.0600. The lowest BCUT2D eigenvalue weighted by atomic mass is 9.89. The molecule has 0 N–H and O–H groups in total. The zero-order chi connectivity index (χ0) is 20.5. The lowest BCUT2D eigenvalue weighted by Gasteiger charge is -2.18. The van der Waals surface area contributed by atoms with Crippen LogP contribution in [0.2, 0.25) is 5.02 Å². The minimum atomic E-state index is -0.472. The number of hydrogen-bond acceptors (Lipinski definition) is 3. The third-order valence-corrected chi connectivity index (χ3v) is 4.77. The number of nitrogens with zero attached hydrogens (tertiary/aromatic N) is 1. The molecule has 0 radical (unpaired) electrons. The number of pyridine rings is 1. The molecule has 3 rings (SSSR count). The molecule has 0 bridgehead atoms. The van der Waals surface area contributed by atoms with Crippen molar-refractivity contribution in [2.75, 3.05) is 7.11 Å². The third-order valence-electron chi connectivity index (χ3n) is 4.46. The molecular formula is C23H21ClFNO2. The minimum absolute atomic E-state index is 0.112. The highest BCUT2D eigenvalue weighted by atomic mass is 35.5. The largest absolute Gasteiger partial charge is 0.465 e. The molecule has 5 heteroatoms. The van der Waals surface area contributed by atoms with Crippen LogP contribution in [0.25, 0.3) is 22.3 Å². The fraction of sp³-hybridized carbons (Fsp3) is 0.217. The Bertz CT molecular complexity index is 1040. The van der Waals surface area contributed by atoms with E-state index in [-0.39, 0.29) is 11.2 Å². The Balaban J connectivity index is 2.07. The zero-order valence-corrected chi connectivity index (χ0v) is 17.0. The molecule has 2 aromatic carbocycles. The summed E-state index contributed by atoms with van der Waals surface area (Å²) < 4.78 is 19.1. The Morgan fingerprint density at radius 2 is 1.71 bits per heavy atom. The first-order chi connectivity index (χ1) is 13.2. The van der Waals surface area contributed by atoms with Gasteiger partial charge < -0.3 is 4.74 Å². The average molecular weight is 398 g/mol. The lowest BCUT2D eigenvalue weighted by Crippen LogP contribution is -2.13. The molecule has 0 spiro atoms. The molecule has 3 aromatic rings. The number of methoxy groups -OCH3 is 1. The Morgan fingerprint density at radius 3 is 2.36 bits per heavy atom. The number of carbonyl (C=O) groups is 1. The summed E-state index contributed by atoms with van der Waals surface area (Å²) in [6, 6.07) is 13.5. The molecule has 1 aromatic heterocycles. The van der Waals surface area contributed by atoms with E-state index in [2.05, 4.69) is 25.8 Å². The van der Waals surface area contributed by atoms with Crippen LogP contribution in [-0.4, -0.2) is 18.1 Å². The van der Waals surface area contributed by atoms with Crippen molar-refractivity contribution in [2.45, 2.75) is 26.2 Å². The molecule has 144 valence electrons. The van der Waals surface area contributed by atoms with E-state index in [1.54, 1.807) is 18.3 Å². The molecule has 0 amide bonds. The van der Waals surface area contributed by atoms with Crippen LogP contribution in [-0.2, 0) is 10.2 Å². The number of rotatable bonds is 3. The molecule has 0 atom stereocenters. The maximum Gasteiger partial charge on any atom is 0.337 e. The molecule has 0 saturated carbocycles. The summed E-state index contributed by atoms with van der Waals surface area (Å²) in [6.45, 7) is 6.25. The van der Waals surface area contributed by atoms with Gasteiger partial charge in [-0.1, -0.05) is 38.4 Å². The molecule has 28 heavy (non-hydrogen) atoms. The summed E-state index contributed by atoms with van der Waals surface area (Å²) in [4.78, 5) is 16.1. The van der Waals surface area contributed by atoms with Crippen molar-refractivity contribution < 1.29 is 13.9 Å². The topological polar surface area (TPSA) is 39.2 Å². The summed E-state index contributed by atoms with van der Waals surface area (Å²) in [5, 5.41) is 0.351. The van der Waals surface area contributed by atoms with Crippen molar-refractivity contribution in [2.24, 2.45) is 0 Å². The molecule has 1 heterocycles. The van der Waals surface area contributed by atoms with Crippen LogP contribution in [0, 0.1) is 5.82 Å². The Kier molecular flexibility index (Phi) is 5.52. The van der Waals surface area contributed by atoms with Gasteiger partial charge in [0.25, 0.3) is 0 Å². The van der Waals surface area contributed by atoms with Crippen LogP contribution in [0.1, 0.15) is 36.8 Å². The van der Waals surface area contributed by atoms with Crippen LogP contribution in [0.3, 0.4) is 0 Å². The van der Waals surface area contributed by atoms with Gasteiger partial charge in [-0.25, -0.2) is 9.18 Å². The van der Waals surface area contributed by atoms with Crippen molar-refractivity contribution >= 4 is 17.6 Å². The predicted molar refractivity (Wildman–Crippen MR) is 110 cm³/mol. The highest BCUT2D eigenvalue weighted by Crippen LogP contribution is 2.34. The SMILES string of the molecule is COC(=O)c1ccc(-c2cc(F)cc(-c3ccnc(C(C)(C)C)c3)c2)c(Cl)c1. The van der Waals surface area contributed by atoms with Crippen LogP contribution in [0.5, 0.6) is 0 Å². The van der Waals surface area contributed by atoms with E-state index in [1.807, 2.05) is 18.2 Å². The summed E-state index contributed by atoms with van der Waals surface area (Å²) in [7, 11) is 1.31. The number of halogens is 2. The molecule has 0 aliphatic rings. The molecule has 0 aliphatic carbocycles. The molecule has 0 fully saturated rings. The van der Waals surface area contributed by atoms with E-state index in [1.165, 1.54) is 25.3 Å². The van der Waals surface area contributed by atoms with Crippen molar-refractivity contribution in [3.8, 4) is 22.3 Å². The van der Waals surface area contributed by atoms with Gasteiger partial charge in [0.2, 0.25) is 0 Å². The van der Waals surface area contributed by atoms with Gasteiger partial charge in [0, 0.05) is 27.9 Å².